The van der Waals surface area contributed by atoms with Crippen LogP contribution in [-0.4, -0.2) is 23.4 Å². The van der Waals surface area contributed by atoms with Gasteiger partial charge in [-0.15, -0.1) is 6.58 Å². The molecule has 102 valence electrons. The van der Waals surface area contributed by atoms with Crippen molar-refractivity contribution in [1.82, 2.24) is 0 Å². The number of hydrogen-bond donors (Lipinski definition) is 1. The van der Waals surface area contributed by atoms with Crippen molar-refractivity contribution in [2.75, 3.05) is 0 Å². The highest BCUT2D eigenvalue weighted by Crippen LogP contribution is 2.58. The molecule has 1 saturated carbocycles. The van der Waals surface area contributed by atoms with Gasteiger partial charge in [0.1, 0.15) is 0 Å². The third-order valence-electron chi connectivity index (χ3n) is 4.77. The van der Waals surface area contributed by atoms with Crippen LogP contribution in [0.1, 0.15) is 47.0 Å². The summed E-state index contributed by atoms with van der Waals surface area (Å²) < 4.78 is 6.30. The van der Waals surface area contributed by atoms with Crippen molar-refractivity contribution in [2.45, 2.75) is 65.3 Å². The Morgan fingerprint density at radius 2 is 2.06 bits per heavy atom. The molecule has 2 aliphatic rings. The SMILES string of the molecule is C=C(C)CC1CC(O)[C@]2(C)C(=C)CC(C)(C)C2O1. The lowest BCUT2D eigenvalue weighted by molar-refractivity contribution is -0.182. The monoisotopic (exact) mass is 250 g/mol. The van der Waals surface area contributed by atoms with Gasteiger partial charge in [-0.05, 0) is 25.2 Å². The summed E-state index contributed by atoms with van der Waals surface area (Å²) in [6.45, 7) is 16.7. The molecule has 18 heavy (non-hydrogen) atoms. The second kappa shape index (κ2) is 4.21. The molecule has 1 aliphatic heterocycles. The van der Waals surface area contributed by atoms with Gasteiger partial charge in [0, 0.05) is 11.8 Å². The maximum atomic E-state index is 10.6. The van der Waals surface area contributed by atoms with Gasteiger partial charge in [-0.3, -0.25) is 0 Å². The highest BCUT2D eigenvalue weighted by Gasteiger charge is 2.59. The predicted octanol–water partition coefficient (Wildman–Crippen LogP) is 3.46. The average molecular weight is 250 g/mol. The predicted molar refractivity (Wildman–Crippen MR) is 74.4 cm³/mol. The van der Waals surface area contributed by atoms with Crippen molar-refractivity contribution >= 4 is 0 Å². The first-order chi connectivity index (χ1) is 8.18. The third kappa shape index (κ3) is 1.96. The molecule has 2 fully saturated rings. The Hall–Kier alpha value is -0.600. The molecule has 2 nitrogen and oxygen atoms in total. The Morgan fingerprint density at radius 1 is 1.44 bits per heavy atom. The van der Waals surface area contributed by atoms with Crippen LogP contribution in [0.2, 0.25) is 0 Å². The first kappa shape index (κ1) is 13.8. The molecule has 1 aliphatic carbocycles. The quantitative estimate of drug-likeness (QED) is 0.760. The number of fused-ring (bicyclic) bond motifs is 1. The molecule has 0 bridgehead atoms. The molecule has 0 aromatic heterocycles. The summed E-state index contributed by atoms with van der Waals surface area (Å²) in [4.78, 5) is 0. The summed E-state index contributed by atoms with van der Waals surface area (Å²) in [7, 11) is 0. The van der Waals surface area contributed by atoms with Gasteiger partial charge in [-0.2, -0.15) is 0 Å². The van der Waals surface area contributed by atoms with Crippen LogP contribution in [0.4, 0.5) is 0 Å². The van der Waals surface area contributed by atoms with Crippen LogP contribution >= 0.6 is 0 Å². The minimum absolute atomic E-state index is 0.0561. The fourth-order valence-electron chi connectivity index (χ4n) is 3.83. The Kier molecular flexibility index (Phi) is 3.23. The van der Waals surface area contributed by atoms with E-state index in [2.05, 4.69) is 33.9 Å². The van der Waals surface area contributed by atoms with Crippen molar-refractivity contribution in [2.24, 2.45) is 10.8 Å². The molecule has 0 amide bonds. The van der Waals surface area contributed by atoms with Crippen molar-refractivity contribution < 1.29 is 9.84 Å². The lowest BCUT2D eigenvalue weighted by Gasteiger charge is -2.48. The Labute approximate surface area is 111 Å². The second-order valence-electron chi connectivity index (χ2n) is 7.10. The number of aliphatic hydroxyl groups excluding tert-OH is 1. The zero-order valence-electron chi connectivity index (χ0n) is 12.1. The zero-order chi connectivity index (χ0) is 13.7. The highest BCUT2D eigenvalue weighted by atomic mass is 16.5. The van der Waals surface area contributed by atoms with Gasteiger partial charge < -0.3 is 9.84 Å². The van der Waals surface area contributed by atoms with Gasteiger partial charge in [0.05, 0.1) is 18.3 Å². The summed E-state index contributed by atoms with van der Waals surface area (Å²) >= 11 is 0. The zero-order valence-corrected chi connectivity index (χ0v) is 12.1. The normalized spacial score (nSPS) is 42.7. The van der Waals surface area contributed by atoms with E-state index < -0.39 is 0 Å². The average Bonchev–Trinajstić information content (AvgIpc) is 2.37. The van der Waals surface area contributed by atoms with Crippen LogP contribution in [0.5, 0.6) is 0 Å². The van der Waals surface area contributed by atoms with E-state index >= 15 is 0 Å². The van der Waals surface area contributed by atoms with Gasteiger partial charge >= 0.3 is 0 Å². The van der Waals surface area contributed by atoms with Crippen molar-refractivity contribution in [1.29, 1.82) is 0 Å². The molecule has 0 spiro atoms. The van der Waals surface area contributed by atoms with Crippen LogP contribution in [0.25, 0.3) is 0 Å². The maximum absolute atomic E-state index is 10.6. The third-order valence-corrected chi connectivity index (χ3v) is 4.77. The molecule has 1 heterocycles. The summed E-state index contributed by atoms with van der Waals surface area (Å²) in [6, 6.07) is 0. The van der Waals surface area contributed by atoms with Crippen LogP contribution in [0.15, 0.2) is 24.3 Å². The summed E-state index contributed by atoms with van der Waals surface area (Å²) in [5.41, 5.74) is 2.03. The van der Waals surface area contributed by atoms with Crippen molar-refractivity contribution in [3.8, 4) is 0 Å². The number of ether oxygens (including phenoxy) is 1. The van der Waals surface area contributed by atoms with E-state index in [1.54, 1.807) is 0 Å². The minimum atomic E-state index is -0.352. The molecule has 4 atom stereocenters. The fourth-order valence-corrected chi connectivity index (χ4v) is 3.83. The van der Waals surface area contributed by atoms with E-state index in [4.69, 9.17) is 4.74 Å². The standard InChI is InChI=1S/C16H26O2/c1-10(2)7-12-8-13(17)16(6)11(3)9-15(4,5)14(16)18-12/h12-14,17H,1,3,7-9H2,2,4-6H3/t12?,13?,14?,16-/m0/s1. The highest BCUT2D eigenvalue weighted by molar-refractivity contribution is 5.27. The van der Waals surface area contributed by atoms with Gasteiger partial charge in [-0.25, -0.2) is 0 Å². The smallest absolute Gasteiger partial charge is 0.0748 e. The largest absolute Gasteiger partial charge is 0.392 e. The first-order valence-electron chi connectivity index (χ1n) is 6.84. The summed E-state index contributed by atoms with van der Waals surface area (Å²) in [5.74, 6) is 0. The van der Waals surface area contributed by atoms with Crippen LogP contribution in [0.3, 0.4) is 0 Å². The van der Waals surface area contributed by atoms with Gasteiger partial charge in [0.25, 0.3) is 0 Å². The first-order valence-corrected chi connectivity index (χ1v) is 6.84. The second-order valence-corrected chi connectivity index (χ2v) is 7.10. The van der Waals surface area contributed by atoms with E-state index in [0.717, 1.165) is 24.0 Å². The molecule has 0 radical (unpaired) electrons. The Morgan fingerprint density at radius 3 is 2.61 bits per heavy atom. The summed E-state index contributed by atoms with van der Waals surface area (Å²) in [5, 5.41) is 10.6. The molecule has 1 saturated heterocycles. The maximum Gasteiger partial charge on any atom is 0.0748 e. The topological polar surface area (TPSA) is 29.5 Å². The van der Waals surface area contributed by atoms with E-state index in [1.807, 2.05) is 6.92 Å². The van der Waals surface area contributed by atoms with E-state index in [0.29, 0.717) is 6.42 Å². The lowest BCUT2D eigenvalue weighted by atomic mass is 9.70. The lowest BCUT2D eigenvalue weighted by Crippen LogP contribution is -2.53. The van der Waals surface area contributed by atoms with E-state index in [-0.39, 0.29) is 29.1 Å². The van der Waals surface area contributed by atoms with E-state index in [1.165, 1.54) is 0 Å². The minimum Gasteiger partial charge on any atom is -0.392 e. The van der Waals surface area contributed by atoms with Crippen LogP contribution in [0, 0.1) is 10.8 Å². The molecule has 2 rings (SSSR count). The fraction of sp³-hybridized carbons (Fsp3) is 0.750. The number of aliphatic hydroxyl groups is 1. The van der Waals surface area contributed by atoms with Crippen molar-refractivity contribution in [3.05, 3.63) is 24.3 Å². The van der Waals surface area contributed by atoms with Crippen molar-refractivity contribution in [3.63, 3.8) is 0 Å². The molecular weight excluding hydrogens is 224 g/mol. The molecule has 0 aromatic carbocycles. The van der Waals surface area contributed by atoms with E-state index in [9.17, 15) is 5.11 Å². The molecule has 1 N–H and O–H groups in total. The van der Waals surface area contributed by atoms with Crippen LogP contribution < -0.4 is 0 Å². The van der Waals surface area contributed by atoms with Gasteiger partial charge in [0.15, 0.2) is 0 Å². The van der Waals surface area contributed by atoms with Crippen LogP contribution in [-0.2, 0) is 4.74 Å². The number of rotatable bonds is 2. The molecule has 2 heteroatoms. The molecule has 0 aromatic rings. The summed E-state index contributed by atoms with van der Waals surface area (Å²) in [6.07, 6.45) is 2.27. The Balaban J connectivity index is 2.27. The molecule has 3 unspecified atom stereocenters. The van der Waals surface area contributed by atoms with Gasteiger partial charge in [0.2, 0.25) is 0 Å². The molecular formula is C16H26O2. The number of hydrogen-bond acceptors (Lipinski definition) is 2. The van der Waals surface area contributed by atoms with Gasteiger partial charge in [-0.1, -0.05) is 38.5 Å². The Bertz CT molecular complexity index is 383.